The summed E-state index contributed by atoms with van der Waals surface area (Å²) in [6, 6.07) is 3.53. The normalized spacial score (nSPS) is 9.60. The van der Waals surface area contributed by atoms with E-state index in [1.54, 1.807) is 33.5 Å². The number of hydrogen-bond acceptors (Lipinski definition) is 4. The number of ether oxygens (including phenoxy) is 4. The van der Waals surface area contributed by atoms with Gasteiger partial charge in [-0.3, -0.25) is 0 Å². The molecule has 0 amide bonds. The third-order valence-electron chi connectivity index (χ3n) is 1.88. The van der Waals surface area contributed by atoms with E-state index in [1.165, 1.54) is 0 Å². The van der Waals surface area contributed by atoms with Gasteiger partial charge in [0.1, 0.15) is 5.52 Å². The first-order valence-electron chi connectivity index (χ1n) is 4.26. The topological polar surface area (TPSA) is 36.9 Å². The largest absolute Gasteiger partial charge is 0.493 e. The van der Waals surface area contributed by atoms with Crippen molar-refractivity contribution in [2.45, 2.75) is 0 Å². The summed E-state index contributed by atoms with van der Waals surface area (Å²) in [6.07, 6.45) is 0. The maximum Gasteiger partial charge on any atom is 0.207 e. The van der Waals surface area contributed by atoms with Gasteiger partial charge in [0.05, 0.1) is 21.3 Å². The van der Waals surface area contributed by atoms with Crippen LogP contribution in [0.5, 0.6) is 23.0 Å². The van der Waals surface area contributed by atoms with Gasteiger partial charge in [-0.25, -0.2) is 0 Å². The van der Waals surface area contributed by atoms with E-state index in [-0.39, 0.29) is 0 Å². The van der Waals surface area contributed by atoms with Crippen molar-refractivity contribution < 1.29 is 18.9 Å². The third kappa shape index (κ3) is 2.47. The van der Waals surface area contributed by atoms with Crippen LogP contribution in [0.2, 0.25) is 0 Å². The average molecular weight is 277 g/mol. The smallest absolute Gasteiger partial charge is 0.207 e. The zero-order valence-corrected chi connectivity index (χ0v) is 10.5. The molecule has 0 radical (unpaired) electrons. The van der Waals surface area contributed by atoms with E-state index in [0.717, 1.165) is 0 Å². The predicted octanol–water partition coefficient (Wildman–Crippen LogP) is 2.44. The fraction of sp³-hybridized carbons (Fsp3) is 0.400. The highest BCUT2D eigenvalue weighted by Gasteiger charge is 2.16. The van der Waals surface area contributed by atoms with Crippen LogP contribution >= 0.6 is 15.9 Å². The first-order valence-corrected chi connectivity index (χ1v) is 5.38. The molecule has 0 atom stereocenters. The van der Waals surface area contributed by atoms with E-state index in [1.807, 2.05) is 0 Å². The summed E-state index contributed by atoms with van der Waals surface area (Å²) in [5, 5.41) is 0. The Balaban J connectivity index is 3.21. The van der Waals surface area contributed by atoms with Gasteiger partial charge in [-0.15, -0.1) is 0 Å². The van der Waals surface area contributed by atoms with E-state index < -0.39 is 0 Å². The molecule has 5 heteroatoms. The fourth-order valence-corrected chi connectivity index (χ4v) is 1.49. The molecule has 0 spiro atoms. The molecule has 1 aromatic rings. The van der Waals surface area contributed by atoms with Gasteiger partial charge in [0.2, 0.25) is 11.5 Å². The van der Waals surface area contributed by atoms with Crippen LogP contribution < -0.4 is 18.9 Å². The molecular weight excluding hydrogens is 264 g/mol. The highest BCUT2D eigenvalue weighted by Crippen LogP contribution is 2.43. The molecule has 0 N–H and O–H groups in total. The molecule has 15 heavy (non-hydrogen) atoms. The Morgan fingerprint density at radius 2 is 1.47 bits per heavy atom. The van der Waals surface area contributed by atoms with Crippen LogP contribution in [0.4, 0.5) is 0 Å². The summed E-state index contributed by atoms with van der Waals surface area (Å²) in [5.41, 5.74) is 0.388. The SMILES string of the molecule is COc1ccc(OCBr)c(OC)c1OC. The number of rotatable bonds is 5. The van der Waals surface area contributed by atoms with Crippen molar-refractivity contribution in [2.24, 2.45) is 0 Å². The Kier molecular flexibility index (Phi) is 4.55. The van der Waals surface area contributed by atoms with Crippen molar-refractivity contribution in [3.05, 3.63) is 12.1 Å². The van der Waals surface area contributed by atoms with Gasteiger partial charge in [0.15, 0.2) is 11.5 Å². The summed E-state index contributed by atoms with van der Waals surface area (Å²) in [4.78, 5) is 0. The Labute approximate surface area is 97.2 Å². The van der Waals surface area contributed by atoms with Gasteiger partial charge in [0.25, 0.3) is 0 Å². The first kappa shape index (κ1) is 12.0. The van der Waals surface area contributed by atoms with Crippen LogP contribution in [-0.4, -0.2) is 26.8 Å². The lowest BCUT2D eigenvalue weighted by atomic mass is 10.2. The average Bonchev–Trinajstić information content (AvgIpc) is 2.28. The maximum absolute atomic E-state index is 5.33. The zero-order valence-electron chi connectivity index (χ0n) is 8.87. The molecule has 0 saturated carbocycles. The van der Waals surface area contributed by atoms with Crippen molar-refractivity contribution >= 4 is 15.9 Å². The number of benzene rings is 1. The second kappa shape index (κ2) is 5.70. The van der Waals surface area contributed by atoms with Crippen LogP contribution in [0, 0.1) is 0 Å². The number of hydrogen-bond donors (Lipinski definition) is 0. The summed E-state index contributed by atoms with van der Waals surface area (Å²) in [6.45, 7) is 0. The Morgan fingerprint density at radius 1 is 0.933 bits per heavy atom. The van der Waals surface area contributed by atoms with E-state index in [0.29, 0.717) is 28.5 Å². The number of alkyl halides is 1. The highest BCUT2D eigenvalue weighted by molar-refractivity contribution is 9.09. The van der Waals surface area contributed by atoms with Gasteiger partial charge < -0.3 is 18.9 Å². The van der Waals surface area contributed by atoms with Crippen molar-refractivity contribution in [3.8, 4) is 23.0 Å². The molecule has 0 bridgehead atoms. The molecule has 0 aliphatic carbocycles. The van der Waals surface area contributed by atoms with E-state index in [4.69, 9.17) is 18.9 Å². The summed E-state index contributed by atoms with van der Waals surface area (Å²) in [7, 11) is 4.68. The first-order chi connectivity index (χ1) is 7.28. The Morgan fingerprint density at radius 3 is 1.93 bits per heavy atom. The van der Waals surface area contributed by atoms with Crippen molar-refractivity contribution in [2.75, 3.05) is 26.8 Å². The molecule has 0 aliphatic rings. The second-order valence-electron chi connectivity index (χ2n) is 2.59. The van der Waals surface area contributed by atoms with Crippen molar-refractivity contribution in [3.63, 3.8) is 0 Å². The second-order valence-corrected chi connectivity index (χ2v) is 3.04. The van der Waals surface area contributed by atoms with Crippen LogP contribution in [0.1, 0.15) is 0 Å². The van der Waals surface area contributed by atoms with Gasteiger partial charge >= 0.3 is 0 Å². The van der Waals surface area contributed by atoms with Gasteiger partial charge in [-0.2, -0.15) is 0 Å². The molecule has 0 aliphatic heterocycles. The molecule has 1 rings (SSSR count). The molecular formula is C10H13BrO4. The summed E-state index contributed by atoms with van der Waals surface area (Å²) in [5.74, 6) is 2.26. The molecule has 0 fully saturated rings. The minimum atomic E-state index is 0.388. The van der Waals surface area contributed by atoms with Crippen LogP contribution in [0.15, 0.2) is 12.1 Å². The molecule has 0 heterocycles. The summed E-state index contributed by atoms with van der Waals surface area (Å²) >= 11 is 3.18. The predicted molar refractivity (Wildman–Crippen MR) is 60.5 cm³/mol. The van der Waals surface area contributed by atoms with Crippen molar-refractivity contribution in [1.82, 2.24) is 0 Å². The van der Waals surface area contributed by atoms with Gasteiger partial charge in [-0.05, 0) is 28.1 Å². The number of methoxy groups -OCH3 is 3. The van der Waals surface area contributed by atoms with Crippen LogP contribution in [0.25, 0.3) is 0 Å². The maximum atomic E-state index is 5.33. The molecule has 4 nitrogen and oxygen atoms in total. The minimum absolute atomic E-state index is 0.388. The van der Waals surface area contributed by atoms with Crippen LogP contribution in [0.3, 0.4) is 0 Å². The van der Waals surface area contributed by atoms with E-state index in [2.05, 4.69) is 15.9 Å². The zero-order chi connectivity index (χ0) is 11.3. The lowest BCUT2D eigenvalue weighted by Crippen LogP contribution is -1.98. The Hall–Kier alpha value is -1.10. The van der Waals surface area contributed by atoms with Crippen LogP contribution in [-0.2, 0) is 0 Å². The summed E-state index contributed by atoms with van der Waals surface area (Å²) < 4.78 is 20.9. The van der Waals surface area contributed by atoms with Gasteiger partial charge in [0, 0.05) is 0 Å². The quantitative estimate of drug-likeness (QED) is 0.775. The lowest BCUT2D eigenvalue weighted by molar-refractivity contribution is 0.303. The minimum Gasteiger partial charge on any atom is -0.493 e. The van der Waals surface area contributed by atoms with Gasteiger partial charge in [-0.1, -0.05) is 0 Å². The standard InChI is InChI=1S/C10H13BrO4/c1-12-7-4-5-8(15-6-11)10(14-3)9(7)13-2/h4-5H,6H2,1-3H3. The number of halogens is 1. The third-order valence-corrected chi connectivity index (χ3v) is 2.11. The molecule has 1 aromatic carbocycles. The highest BCUT2D eigenvalue weighted by atomic mass is 79.9. The van der Waals surface area contributed by atoms with E-state index in [9.17, 15) is 0 Å². The molecule has 0 saturated heterocycles. The fourth-order valence-electron chi connectivity index (χ4n) is 1.25. The molecule has 0 unspecified atom stereocenters. The van der Waals surface area contributed by atoms with E-state index >= 15 is 0 Å². The van der Waals surface area contributed by atoms with Crippen molar-refractivity contribution in [1.29, 1.82) is 0 Å². The lowest BCUT2D eigenvalue weighted by Gasteiger charge is -2.15. The molecule has 84 valence electrons. The monoisotopic (exact) mass is 276 g/mol. The molecule has 0 aromatic heterocycles. The Bertz CT molecular complexity index is 327.